The van der Waals surface area contributed by atoms with E-state index in [4.69, 9.17) is 4.52 Å². The molecule has 1 aromatic carbocycles. The molecule has 0 aliphatic carbocycles. The fraction of sp³-hybridized carbons (Fsp3) is 0.176. The van der Waals surface area contributed by atoms with Crippen molar-refractivity contribution in [3.63, 3.8) is 0 Å². The van der Waals surface area contributed by atoms with Crippen LogP contribution in [0.15, 0.2) is 60.7 Å². The molecule has 0 amide bonds. The number of nitrogens with zero attached hydrogens (tertiary/aromatic N) is 4. The van der Waals surface area contributed by atoms with Gasteiger partial charge >= 0.3 is 5.69 Å². The van der Waals surface area contributed by atoms with Gasteiger partial charge in [-0.2, -0.15) is 4.98 Å². The van der Waals surface area contributed by atoms with Crippen molar-refractivity contribution < 1.29 is 4.52 Å². The number of rotatable bonds is 7. The summed E-state index contributed by atoms with van der Waals surface area (Å²) in [5.41, 5.74) is 0.952. The molecule has 0 aliphatic rings. The van der Waals surface area contributed by atoms with E-state index in [0.717, 1.165) is 15.8 Å². The van der Waals surface area contributed by atoms with Gasteiger partial charge in [-0.3, -0.25) is 4.57 Å². The van der Waals surface area contributed by atoms with E-state index in [1.165, 1.54) is 28.7 Å². The normalized spacial score (nSPS) is 11.1. The third-order valence-electron chi connectivity index (χ3n) is 3.77. The van der Waals surface area contributed by atoms with Crippen LogP contribution in [0.25, 0.3) is 10.7 Å². The van der Waals surface area contributed by atoms with E-state index in [1.54, 1.807) is 4.57 Å². The van der Waals surface area contributed by atoms with Crippen LogP contribution in [0.2, 0.25) is 0 Å². The minimum absolute atomic E-state index is 0.219. The van der Waals surface area contributed by atoms with Crippen LogP contribution in [0.3, 0.4) is 0 Å². The lowest BCUT2D eigenvalue weighted by molar-refractivity contribution is 0.391. The van der Waals surface area contributed by atoms with Crippen molar-refractivity contribution in [3.8, 4) is 10.7 Å². The van der Waals surface area contributed by atoms with Gasteiger partial charge in [-0.1, -0.05) is 47.3 Å². The molecule has 0 fully saturated rings. The van der Waals surface area contributed by atoms with Crippen molar-refractivity contribution in [2.75, 3.05) is 0 Å². The van der Waals surface area contributed by atoms with Crippen molar-refractivity contribution in [1.82, 2.24) is 24.9 Å². The lowest BCUT2D eigenvalue weighted by Crippen LogP contribution is -2.18. The summed E-state index contributed by atoms with van der Waals surface area (Å²) >= 11 is 6.34. The van der Waals surface area contributed by atoms with Crippen LogP contribution in [0.5, 0.6) is 0 Å². The smallest absolute Gasteiger partial charge is 0.338 e. The summed E-state index contributed by atoms with van der Waals surface area (Å²) in [6.07, 6.45) is 0.756. The molecule has 10 heteroatoms. The predicted octanol–water partition coefficient (Wildman–Crippen LogP) is 3.98. The van der Waals surface area contributed by atoms with Gasteiger partial charge in [0.25, 0.3) is 0 Å². The summed E-state index contributed by atoms with van der Waals surface area (Å²) in [6.45, 7) is 0.556. The zero-order valence-electron chi connectivity index (χ0n) is 14.0. The third-order valence-corrected chi connectivity index (χ3v) is 6.42. The predicted molar refractivity (Wildman–Crippen MR) is 108 cm³/mol. The second-order valence-electron chi connectivity index (χ2n) is 5.63. The Morgan fingerprint density at radius 2 is 2.15 bits per heavy atom. The molecule has 0 saturated heterocycles. The molecule has 3 heterocycles. The van der Waals surface area contributed by atoms with Crippen LogP contribution in [-0.4, -0.2) is 24.9 Å². The van der Waals surface area contributed by atoms with Crippen LogP contribution in [-0.2, 0) is 18.7 Å². The largest absolute Gasteiger partial charge is 0.343 e. The number of aromatic amines is 1. The number of benzene rings is 1. The Morgan fingerprint density at radius 3 is 2.93 bits per heavy atom. The van der Waals surface area contributed by atoms with E-state index in [1.807, 2.05) is 41.8 Å². The number of halogens is 1. The average molecular weight is 464 g/mol. The number of nitrogens with one attached hydrogen (secondary N) is 1. The summed E-state index contributed by atoms with van der Waals surface area (Å²) < 4.78 is 7.93. The first-order chi connectivity index (χ1) is 13.2. The van der Waals surface area contributed by atoms with Crippen molar-refractivity contribution in [3.05, 3.63) is 68.2 Å². The molecule has 1 N–H and O–H groups in total. The van der Waals surface area contributed by atoms with Crippen molar-refractivity contribution in [1.29, 1.82) is 0 Å². The Bertz CT molecular complexity index is 1090. The zero-order chi connectivity index (χ0) is 18.6. The molecule has 0 spiro atoms. The van der Waals surface area contributed by atoms with E-state index < -0.39 is 0 Å². The summed E-state index contributed by atoms with van der Waals surface area (Å²) in [5.74, 6) is 1.49. The number of hydrogen-bond donors (Lipinski definition) is 1. The highest BCUT2D eigenvalue weighted by Crippen LogP contribution is 2.28. The van der Waals surface area contributed by atoms with Crippen LogP contribution in [0.4, 0.5) is 0 Å². The molecular formula is C17H14BrN5O2S2. The lowest BCUT2D eigenvalue weighted by Gasteiger charge is -2.04. The number of thioether (sulfide) groups is 1. The van der Waals surface area contributed by atoms with E-state index in [2.05, 4.69) is 36.3 Å². The molecular weight excluding hydrogens is 450 g/mol. The first-order valence-electron chi connectivity index (χ1n) is 8.08. The maximum Gasteiger partial charge on any atom is 0.343 e. The average Bonchev–Trinajstić information content (AvgIpc) is 3.40. The Kier molecular flexibility index (Phi) is 5.55. The fourth-order valence-corrected chi connectivity index (χ4v) is 4.63. The Balaban J connectivity index is 1.42. The SMILES string of the molecule is O=c1[nH]nc(SCc2nc(-c3cc(Br)cs3)no2)n1CCc1ccccc1. The standard InChI is InChI=1S/C17H14BrN5O2S2/c18-12-8-13(26-9-12)15-19-14(25-22-15)10-27-17-21-20-16(24)23(17)7-6-11-4-2-1-3-5-11/h1-5,8-9H,6-7,10H2,(H,20,24). The van der Waals surface area contributed by atoms with Crippen molar-refractivity contribution >= 4 is 39.0 Å². The van der Waals surface area contributed by atoms with Crippen LogP contribution in [0, 0.1) is 0 Å². The molecule has 3 aromatic heterocycles. The van der Waals surface area contributed by atoms with Gasteiger partial charge in [0.15, 0.2) is 5.16 Å². The quantitative estimate of drug-likeness (QED) is 0.416. The second-order valence-corrected chi connectivity index (χ2v) is 8.40. The Morgan fingerprint density at radius 1 is 1.30 bits per heavy atom. The van der Waals surface area contributed by atoms with Crippen molar-refractivity contribution in [2.24, 2.45) is 0 Å². The van der Waals surface area contributed by atoms with Crippen molar-refractivity contribution in [2.45, 2.75) is 23.9 Å². The van der Waals surface area contributed by atoms with Crippen LogP contribution < -0.4 is 5.69 Å². The number of H-pyrrole nitrogens is 1. The van der Waals surface area contributed by atoms with E-state index in [0.29, 0.717) is 29.2 Å². The van der Waals surface area contributed by atoms with Gasteiger partial charge in [0.2, 0.25) is 11.7 Å². The molecule has 0 radical (unpaired) electrons. The summed E-state index contributed by atoms with van der Waals surface area (Å²) in [6, 6.07) is 12.0. The fourth-order valence-electron chi connectivity index (χ4n) is 2.47. The van der Waals surface area contributed by atoms with E-state index in [9.17, 15) is 4.79 Å². The van der Waals surface area contributed by atoms with Gasteiger partial charge < -0.3 is 4.52 Å². The second kappa shape index (κ2) is 8.24. The molecule has 138 valence electrons. The lowest BCUT2D eigenvalue weighted by atomic mass is 10.1. The molecule has 0 saturated carbocycles. The van der Waals surface area contributed by atoms with Crippen LogP contribution in [0.1, 0.15) is 11.5 Å². The molecule has 0 bridgehead atoms. The number of aromatic nitrogens is 5. The first kappa shape index (κ1) is 18.2. The molecule has 4 rings (SSSR count). The Labute approximate surface area is 171 Å². The number of thiophene rings is 1. The zero-order valence-corrected chi connectivity index (χ0v) is 17.2. The van der Waals surface area contributed by atoms with Gasteiger partial charge in [0.1, 0.15) is 0 Å². The maximum absolute atomic E-state index is 12.0. The maximum atomic E-state index is 12.0. The summed E-state index contributed by atoms with van der Waals surface area (Å²) in [5, 5.41) is 13.2. The minimum Gasteiger partial charge on any atom is -0.338 e. The van der Waals surface area contributed by atoms with E-state index >= 15 is 0 Å². The van der Waals surface area contributed by atoms with E-state index in [-0.39, 0.29) is 5.69 Å². The molecule has 0 unspecified atom stereocenters. The number of aryl methyl sites for hydroxylation is 1. The highest BCUT2D eigenvalue weighted by atomic mass is 79.9. The highest BCUT2D eigenvalue weighted by molar-refractivity contribution is 9.10. The van der Waals surface area contributed by atoms with Gasteiger partial charge in [-0.15, -0.1) is 16.4 Å². The molecule has 0 atom stereocenters. The monoisotopic (exact) mass is 463 g/mol. The molecule has 4 aromatic rings. The summed E-state index contributed by atoms with van der Waals surface area (Å²) in [7, 11) is 0. The van der Waals surface area contributed by atoms with Gasteiger partial charge in [0.05, 0.1) is 10.6 Å². The minimum atomic E-state index is -0.219. The summed E-state index contributed by atoms with van der Waals surface area (Å²) in [4.78, 5) is 17.4. The topological polar surface area (TPSA) is 89.6 Å². The molecule has 27 heavy (non-hydrogen) atoms. The highest BCUT2D eigenvalue weighted by Gasteiger charge is 2.14. The third kappa shape index (κ3) is 4.40. The van der Waals surface area contributed by atoms with Gasteiger partial charge in [-0.25, -0.2) is 9.89 Å². The molecule has 0 aliphatic heterocycles. The Hall–Kier alpha value is -2.17. The van der Waals surface area contributed by atoms with Crippen LogP contribution >= 0.6 is 39.0 Å². The first-order valence-corrected chi connectivity index (χ1v) is 10.7. The van der Waals surface area contributed by atoms with Gasteiger partial charge in [0, 0.05) is 16.4 Å². The molecule has 7 nitrogen and oxygen atoms in total. The van der Waals surface area contributed by atoms with Gasteiger partial charge in [-0.05, 0) is 34.0 Å². The number of hydrogen-bond acceptors (Lipinski definition) is 7.